The maximum absolute atomic E-state index is 12.2. The fourth-order valence-corrected chi connectivity index (χ4v) is 3.42. The van der Waals surface area contributed by atoms with Gasteiger partial charge in [0.25, 0.3) is 5.69 Å². The molecule has 0 atom stereocenters. The smallest absolute Gasteiger partial charge is 0.258 e. The molecule has 0 saturated carbocycles. The van der Waals surface area contributed by atoms with Gasteiger partial charge in [0.05, 0.1) is 9.82 Å². The molecular weight excluding hydrogens is 328 g/mol. The lowest BCUT2D eigenvalue weighted by Crippen LogP contribution is -2.27. The van der Waals surface area contributed by atoms with E-state index in [1.165, 1.54) is 24.3 Å². The Labute approximate surface area is 141 Å². The van der Waals surface area contributed by atoms with Gasteiger partial charge in [-0.1, -0.05) is 32.0 Å². The molecule has 24 heavy (non-hydrogen) atoms. The number of hydrogen-bond acceptors (Lipinski definition) is 4. The predicted molar refractivity (Wildman–Crippen MR) is 93.3 cm³/mol. The van der Waals surface area contributed by atoms with Crippen LogP contribution in [-0.2, 0) is 10.0 Å². The fraction of sp³-hybridized carbons (Fsp3) is 0.294. The van der Waals surface area contributed by atoms with Crippen molar-refractivity contribution in [1.29, 1.82) is 0 Å². The molecule has 0 fully saturated rings. The van der Waals surface area contributed by atoms with E-state index in [-0.39, 0.29) is 16.5 Å². The molecule has 7 heteroatoms. The minimum Gasteiger partial charge on any atom is -0.258 e. The summed E-state index contributed by atoms with van der Waals surface area (Å²) in [6.07, 6.45) is 0. The zero-order valence-electron chi connectivity index (χ0n) is 13.8. The van der Waals surface area contributed by atoms with E-state index in [0.29, 0.717) is 12.1 Å². The van der Waals surface area contributed by atoms with Crippen molar-refractivity contribution in [3.63, 3.8) is 0 Å². The van der Waals surface area contributed by atoms with Gasteiger partial charge in [-0.25, -0.2) is 13.1 Å². The van der Waals surface area contributed by atoms with E-state index in [2.05, 4.69) is 4.72 Å². The van der Waals surface area contributed by atoms with Crippen LogP contribution in [0.1, 0.15) is 19.4 Å². The second-order valence-electron chi connectivity index (χ2n) is 6.03. The Morgan fingerprint density at radius 3 is 2.29 bits per heavy atom. The van der Waals surface area contributed by atoms with Gasteiger partial charge in [-0.15, -0.1) is 0 Å². The Bertz CT molecular complexity index is 843. The normalized spacial score (nSPS) is 11.7. The highest BCUT2D eigenvalue weighted by Gasteiger charge is 2.15. The molecule has 0 bridgehead atoms. The molecule has 2 aromatic rings. The summed E-state index contributed by atoms with van der Waals surface area (Å²) in [5.74, 6) is 0.214. The second-order valence-corrected chi connectivity index (χ2v) is 7.79. The van der Waals surface area contributed by atoms with Gasteiger partial charge in [0, 0.05) is 18.7 Å². The number of nitro groups is 1. The molecule has 128 valence electrons. The number of nitrogens with zero attached hydrogens (tertiary/aromatic N) is 1. The van der Waals surface area contributed by atoms with Crippen LogP contribution in [0.4, 0.5) is 5.69 Å². The molecule has 2 rings (SSSR count). The van der Waals surface area contributed by atoms with Gasteiger partial charge >= 0.3 is 0 Å². The average molecular weight is 348 g/mol. The average Bonchev–Trinajstić information content (AvgIpc) is 2.53. The SMILES string of the molecule is Cc1ccc([N+](=O)[O-])cc1-c1ccc(S(=O)(=O)NCC(C)C)cc1. The number of benzene rings is 2. The lowest BCUT2D eigenvalue weighted by molar-refractivity contribution is -0.384. The Balaban J connectivity index is 2.33. The Hall–Kier alpha value is -2.25. The largest absolute Gasteiger partial charge is 0.270 e. The van der Waals surface area contributed by atoms with Crippen molar-refractivity contribution >= 4 is 15.7 Å². The molecule has 0 aliphatic heterocycles. The lowest BCUT2D eigenvalue weighted by Gasteiger charge is -2.10. The molecular formula is C17H20N2O4S. The van der Waals surface area contributed by atoms with E-state index in [1.807, 2.05) is 20.8 Å². The van der Waals surface area contributed by atoms with Gasteiger partial charge in [-0.2, -0.15) is 0 Å². The van der Waals surface area contributed by atoms with Crippen LogP contribution in [0.3, 0.4) is 0 Å². The molecule has 0 aliphatic carbocycles. The molecule has 0 radical (unpaired) electrons. The summed E-state index contributed by atoms with van der Waals surface area (Å²) in [4.78, 5) is 10.7. The number of non-ortho nitro benzene ring substituents is 1. The van der Waals surface area contributed by atoms with Crippen molar-refractivity contribution in [2.75, 3.05) is 6.54 Å². The summed E-state index contributed by atoms with van der Waals surface area (Å²) < 4.78 is 26.9. The highest BCUT2D eigenvalue weighted by Crippen LogP contribution is 2.28. The third-order valence-electron chi connectivity index (χ3n) is 3.59. The van der Waals surface area contributed by atoms with Crippen molar-refractivity contribution in [2.45, 2.75) is 25.7 Å². The first-order valence-corrected chi connectivity index (χ1v) is 9.04. The maximum Gasteiger partial charge on any atom is 0.270 e. The third kappa shape index (κ3) is 4.18. The van der Waals surface area contributed by atoms with Crippen LogP contribution < -0.4 is 4.72 Å². The van der Waals surface area contributed by atoms with Crippen LogP contribution in [-0.4, -0.2) is 19.9 Å². The zero-order valence-corrected chi connectivity index (χ0v) is 14.6. The number of hydrogen-bond donors (Lipinski definition) is 1. The predicted octanol–water partition coefficient (Wildman–Crippen LogP) is 3.50. The summed E-state index contributed by atoms with van der Waals surface area (Å²) in [7, 11) is -3.54. The molecule has 0 saturated heterocycles. The van der Waals surface area contributed by atoms with Crippen LogP contribution in [0.25, 0.3) is 11.1 Å². The summed E-state index contributed by atoms with van der Waals surface area (Å²) in [5.41, 5.74) is 2.34. The number of aryl methyl sites for hydroxylation is 1. The van der Waals surface area contributed by atoms with Crippen molar-refractivity contribution in [2.24, 2.45) is 5.92 Å². The standard InChI is InChI=1S/C17H20N2O4S/c1-12(2)11-18-24(22,23)16-8-5-14(6-9-16)17-10-15(19(20)21)7-4-13(17)3/h4-10,12,18H,11H2,1-3H3. The third-order valence-corrected chi connectivity index (χ3v) is 5.03. The number of sulfonamides is 1. The topological polar surface area (TPSA) is 89.3 Å². The van der Waals surface area contributed by atoms with Crippen molar-refractivity contribution in [3.05, 3.63) is 58.1 Å². The zero-order chi connectivity index (χ0) is 17.9. The lowest BCUT2D eigenvalue weighted by atomic mass is 10.00. The van der Waals surface area contributed by atoms with E-state index in [9.17, 15) is 18.5 Å². The van der Waals surface area contributed by atoms with Crippen molar-refractivity contribution in [3.8, 4) is 11.1 Å². The molecule has 0 aromatic heterocycles. The van der Waals surface area contributed by atoms with E-state index >= 15 is 0 Å². The molecule has 0 unspecified atom stereocenters. The minimum absolute atomic E-state index is 0.00546. The van der Waals surface area contributed by atoms with Gasteiger partial charge in [-0.3, -0.25) is 10.1 Å². The second kappa shape index (κ2) is 7.11. The molecule has 0 aliphatic rings. The quantitative estimate of drug-likeness (QED) is 0.639. The first-order valence-electron chi connectivity index (χ1n) is 7.56. The van der Waals surface area contributed by atoms with Crippen LogP contribution in [0, 0.1) is 23.0 Å². The van der Waals surface area contributed by atoms with Crippen LogP contribution in [0.2, 0.25) is 0 Å². The Kier molecular flexibility index (Phi) is 5.36. The number of rotatable bonds is 6. The van der Waals surface area contributed by atoms with Crippen molar-refractivity contribution < 1.29 is 13.3 Å². The molecule has 1 N–H and O–H groups in total. The molecule has 6 nitrogen and oxygen atoms in total. The van der Waals surface area contributed by atoms with Gasteiger partial charge < -0.3 is 0 Å². The van der Waals surface area contributed by atoms with Crippen LogP contribution in [0.5, 0.6) is 0 Å². The van der Waals surface area contributed by atoms with Gasteiger partial charge in [0.2, 0.25) is 10.0 Å². The van der Waals surface area contributed by atoms with Gasteiger partial charge in [0.15, 0.2) is 0 Å². The number of nitro benzene ring substituents is 1. The van der Waals surface area contributed by atoms with E-state index in [4.69, 9.17) is 0 Å². The van der Waals surface area contributed by atoms with Crippen LogP contribution >= 0.6 is 0 Å². The van der Waals surface area contributed by atoms with Crippen molar-refractivity contribution in [1.82, 2.24) is 4.72 Å². The molecule has 2 aromatic carbocycles. The first kappa shape index (κ1) is 18.1. The van der Waals surface area contributed by atoms with Gasteiger partial charge in [-0.05, 0) is 41.7 Å². The summed E-state index contributed by atoms with van der Waals surface area (Å²) in [6, 6.07) is 11.0. The first-order chi connectivity index (χ1) is 11.2. The number of nitrogens with one attached hydrogen (secondary N) is 1. The van der Waals surface area contributed by atoms with E-state index in [1.54, 1.807) is 18.2 Å². The fourth-order valence-electron chi connectivity index (χ4n) is 2.21. The summed E-state index contributed by atoms with van der Waals surface area (Å²) >= 11 is 0. The highest BCUT2D eigenvalue weighted by molar-refractivity contribution is 7.89. The molecule has 0 spiro atoms. The van der Waals surface area contributed by atoms with Gasteiger partial charge in [0.1, 0.15) is 0 Å². The Morgan fingerprint density at radius 1 is 1.12 bits per heavy atom. The maximum atomic E-state index is 12.2. The molecule has 0 heterocycles. The van der Waals surface area contributed by atoms with E-state index in [0.717, 1.165) is 11.1 Å². The van der Waals surface area contributed by atoms with E-state index < -0.39 is 14.9 Å². The Morgan fingerprint density at radius 2 is 1.75 bits per heavy atom. The summed E-state index contributed by atoms with van der Waals surface area (Å²) in [6.45, 7) is 6.08. The molecule has 0 amide bonds. The monoisotopic (exact) mass is 348 g/mol. The highest BCUT2D eigenvalue weighted by atomic mass is 32.2. The van der Waals surface area contributed by atoms with Crippen LogP contribution in [0.15, 0.2) is 47.4 Å². The minimum atomic E-state index is -3.54. The summed E-state index contributed by atoms with van der Waals surface area (Å²) in [5, 5.41) is 10.9.